The van der Waals surface area contributed by atoms with Crippen molar-refractivity contribution in [3.63, 3.8) is 0 Å². The van der Waals surface area contributed by atoms with Gasteiger partial charge in [0.15, 0.2) is 0 Å². The molecule has 2 rings (SSSR count). The first-order valence-corrected chi connectivity index (χ1v) is 6.88. The second-order valence-electron chi connectivity index (χ2n) is 4.41. The van der Waals surface area contributed by atoms with Crippen LogP contribution < -0.4 is 5.32 Å². The quantitative estimate of drug-likeness (QED) is 0.864. The maximum Gasteiger partial charge on any atom is 0.252 e. The Labute approximate surface area is 119 Å². The highest BCUT2D eigenvalue weighted by Crippen LogP contribution is 2.24. The fraction of sp³-hybridized carbons (Fsp3) is 0.385. The number of rotatable bonds is 4. The van der Waals surface area contributed by atoms with Crippen LogP contribution in [0.25, 0.3) is 0 Å². The first kappa shape index (κ1) is 14.0. The van der Waals surface area contributed by atoms with Gasteiger partial charge in [-0.2, -0.15) is 0 Å². The van der Waals surface area contributed by atoms with Gasteiger partial charge in [0.05, 0.1) is 12.1 Å². The first-order chi connectivity index (χ1) is 9.02. The van der Waals surface area contributed by atoms with Crippen molar-refractivity contribution in [1.29, 1.82) is 0 Å². The summed E-state index contributed by atoms with van der Waals surface area (Å²) in [5.41, 5.74) is 0.221. The monoisotopic (exact) mass is 328 g/mol. The standard InChI is InChI=1S/C13H14BrFN2O2/c1-2-5-17-12(18)7-11(13(17)19)16-10-6-8(14)3-4-9(10)15/h3-4,6,11,16H,2,5,7H2,1H3. The minimum absolute atomic E-state index is 0.0742. The van der Waals surface area contributed by atoms with Crippen LogP contribution >= 0.6 is 15.9 Å². The molecule has 1 atom stereocenters. The lowest BCUT2D eigenvalue weighted by molar-refractivity contribution is -0.138. The molecule has 0 spiro atoms. The number of halogens is 2. The van der Waals surface area contributed by atoms with Gasteiger partial charge in [-0.3, -0.25) is 14.5 Å². The molecule has 6 heteroatoms. The Morgan fingerprint density at radius 3 is 2.89 bits per heavy atom. The van der Waals surface area contributed by atoms with E-state index in [1.807, 2.05) is 6.92 Å². The summed E-state index contributed by atoms with van der Waals surface area (Å²) in [4.78, 5) is 24.9. The van der Waals surface area contributed by atoms with Crippen LogP contribution in [0, 0.1) is 5.82 Å². The average Bonchev–Trinajstić information content (AvgIpc) is 2.62. The number of benzene rings is 1. The molecule has 0 saturated carbocycles. The molecule has 1 heterocycles. The van der Waals surface area contributed by atoms with Crippen LogP contribution in [0.4, 0.5) is 10.1 Å². The zero-order chi connectivity index (χ0) is 14.0. The summed E-state index contributed by atoms with van der Waals surface area (Å²) in [5, 5.41) is 2.80. The van der Waals surface area contributed by atoms with E-state index in [2.05, 4.69) is 21.2 Å². The molecule has 102 valence electrons. The van der Waals surface area contributed by atoms with Gasteiger partial charge in [0.25, 0.3) is 5.91 Å². The minimum Gasteiger partial charge on any atom is -0.371 e. The molecule has 1 N–H and O–H groups in total. The van der Waals surface area contributed by atoms with Crippen molar-refractivity contribution >= 4 is 33.4 Å². The number of nitrogens with zero attached hydrogens (tertiary/aromatic N) is 1. The summed E-state index contributed by atoms with van der Waals surface area (Å²) in [5.74, 6) is -0.941. The summed E-state index contributed by atoms with van der Waals surface area (Å²) < 4.78 is 14.3. The molecule has 0 bridgehead atoms. The van der Waals surface area contributed by atoms with Crippen LogP contribution in [0.1, 0.15) is 19.8 Å². The highest BCUT2D eigenvalue weighted by Gasteiger charge is 2.38. The molecule has 1 aromatic carbocycles. The number of anilines is 1. The Bertz CT molecular complexity index is 521. The molecule has 1 aliphatic rings. The van der Waals surface area contributed by atoms with E-state index < -0.39 is 11.9 Å². The Kier molecular flexibility index (Phi) is 4.19. The predicted molar refractivity (Wildman–Crippen MR) is 73.1 cm³/mol. The highest BCUT2D eigenvalue weighted by molar-refractivity contribution is 9.10. The third-order valence-corrected chi connectivity index (χ3v) is 3.44. The van der Waals surface area contributed by atoms with E-state index in [1.165, 1.54) is 11.0 Å². The van der Waals surface area contributed by atoms with Crippen molar-refractivity contribution in [3.05, 3.63) is 28.5 Å². The van der Waals surface area contributed by atoms with Crippen molar-refractivity contribution in [2.45, 2.75) is 25.8 Å². The average molecular weight is 329 g/mol. The molecule has 1 fully saturated rings. The SMILES string of the molecule is CCCN1C(=O)CC(Nc2cc(Br)ccc2F)C1=O. The van der Waals surface area contributed by atoms with Crippen LogP contribution in [0.15, 0.2) is 22.7 Å². The van der Waals surface area contributed by atoms with E-state index >= 15 is 0 Å². The number of amides is 2. The molecule has 0 aromatic heterocycles. The molecule has 1 aliphatic heterocycles. The van der Waals surface area contributed by atoms with Crippen molar-refractivity contribution < 1.29 is 14.0 Å². The van der Waals surface area contributed by atoms with Crippen LogP contribution in [0.2, 0.25) is 0 Å². The van der Waals surface area contributed by atoms with Gasteiger partial charge >= 0.3 is 0 Å². The lowest BCUT2D eigenvalue weighted by Gasteiger charge is -2.15. The summed E-state index contributed by atoms with van der Waals surface area (Å²) >= 11 is 3.24. The lowest BCUT2D eigenvalue weighted by Crippen LogP contribution is -2.35. The van der Waals surface area contributed by atoms with Gasteiger partial charge in [-0.25, -0.2) is 4.39 Å². The minimum atomic E-state index is -0.678. The second-order valence-corrected chi connectivity index (χ2v) is 5.32. The van der Waals surface area contributed by atoms with Gasteiger partial charge in [0.1, 0.15) is 11.9 Å². The van der Waals surface area contributed by atoms with Crippen LogP contribution in [-0.2, 0) is 9.59 Å². The Morgan fingerprint density at radius 1 is 1.47 bits per heavy atom. The zero-order valence-corrected chi connectivity index (χ0v) is 12.0. The number of imide groups is 1. The number of likely N-dealkylation sites (tertiary alicyclic amines) is 1. The molecule has 0 radical (unpaired) electrons. The summed E-state index contributed by atoms with van der Waals surface area (Å²) in [6.45, 7) is 2.31. The molecule has 1 saturated heterocycles. The number of hydrogen-bond donors (Lipinski definition) is 1. The van der Waals surface area contributed by atoms with E-state index in [0.29, 0.717) is 11.0 Å². The second kappa shape index (κ2) is 5.69. The lowest BCUT2D eigenvalue weighted by atomic mass is 10.2. The topological polar surface area (TPSA) is 49.4 Å². The van der Waals surface area contributed by atoms with Crippen LogP contribution in [0.5, 0.6) is 0 Å². The normalized spacial score (nSPS) is 19.1. The van der Waals surface area contributed by atoms with Crippen molar-refractivity contribution in [1.82, 2.24) is 4.90 Å². The highest BCUT2D eigenvalue weighted by atomic mass is 79.9. The Balaban J connectivity index is 2.14. The van der Waals surface area contributed by atoms with Gasteiger partial charge in [0.2, 0.25) is 5.91 Å². The molecule has 0 aliphatic carbocycles. The number of carbonyl (C=O) groups is 2. The maximum absolute atomic E-state index is 13.6. The van der Waals surface area contributed by atoms with E-state index in [4.69, 9.17) is 0 Å². The molecule has 19 heavy (non-hydrogen) atoms. The van der Waals surface area contributed by atoms with Crippen LogP contribution in [0.3, 0.4) is 0 Å². The van der Waals surface area contributed by atoms with Gasteiger partial charge in [-0.15, -0.1) is 0 Å². The van der Waals surface area contributed by atoms with Crippen LogP contribution in [-0.4, -0.2) is 29.3 Å². The summed E-state index contributed by atoms with van der Waals surface area (Å²) in [6.07, 6.45) is 0.792. The smallest absolute Gasteiger partial charge is 0.252 e. The summed E-state index contributed by atoms with van der Waals surface area (Å²) in [7, 11) is 0. The zero-order valence-electron chi connectivity index (χ0n) is 10.5. The van der Waals surface area contributed by atoms with E-state index in [0.717, 1.165) is 6.42 Å². The van der Waals surface area contributed by atoms with E-state index in [9.17, 15) is 14.0 Å². The largest absolute Gasteiger partial charge is 0.371 e. The van der Waals surface area contributed by atoms with E-state index in [1.54, 1.807) is 12.1 Å². The number of carbonyl (C=O) groups excluding carboxylic acids is 2. The fourth-order valence-corrected chi connectivity index (χ4v) is 2.41. The fourth-order valence-electron chi connectivity index (χ4n) is 2.05. The third kappa shape index (κ3) is 2.94. The molecule has 1 aromatic rings. The maximum atomic E-state index is 13.6. The van der Waals surface area contributed by atoms with Crippen molar-refractivity contribution in [2.75, 3.05) is 11.9 Å². The van der Waals surface area contributed by atoms with Gasteiger partial charge in [0, 0.05) is 11.0 Å². The Morgan fingerprint density at radius 2 is 2.21 bits per heavy atom. The van der Waals surface area contributed by atoms with Gasteiger partial charge in [-0.1, -0.05) is 22.9 Å². The molecule has 1 unspecified atom stereocenters. The number of hydrogen-bond acceptors (Lipinski definition) is 3. The van der Waals surface area contributed by atoms with Crippen molar-refractivity contribution in [2.24, 2.45) is 0 Å². The van der Waals surface area contributed by atoms with E-state index in [-0.39, 0.29) is 23.9 Å². The van der Waals surface area contributed by atoms with Crippen molar-refractivity contribution in [3.8, 4) is 0 Å². The number of nitrogens with one attached hydrogen (secondary N) is 1. The molecule has 2 amide bonds. The molecular weight excluding hydrogens is 315 g/mol. The third-order valence-electron chi connectivity index (χ3n) is 2.95. The predicted octanol–water partition coefficient (Wildman–Crippen LogP) is 2.54. The summed E-state index contributed by atoms with van der Waals surface area (Å²) in [6, 6.07) is 3.75. The first-order valence-electron chi connectivity index (χ1n) is 6.08. The van der Waals surface area contributed by atoms with Gasteiger partial charge < -0.3 is 5.32 Å². The molecule has 4 nitrogen and oxygen atoms in total. The molecular formula is C13H14BrFN2O2. The Hall–Kier alpha value is -1.43. The van der Waals surface area contributed by atoms with Gasteiger partial charge in [-0.05, 0) is 24.6 Å².